The van der Waals surface area contributed by atoms with E-state index in [-0.39, 0.29) is 11.9 Å². The van der Waals surface area contributed by atoms with E-state index < -0.39 is 0 Å². The van der Waals surface area contributed by atoms with E-state index >= 15 is 0 Å². The lowest BCUT2D eigenvalue weighted by Crippen LogP contribution is -2.55. The van der Waals surface area contributed by atoms with Crippen LogP contribution in [-0.2, 0) is 4.79 Å². The zero-order chi connectivity index (χ0) is 18.1. The summed E-state index contributed by atoms with van der Waals surface area (Å²) in [7, 11) is 3.82. The number of hydrogen-bond acceptors (Lipinski definition) is 5. The zero-order valence-electron chi connectivity index (χ0n) is 15.4. The summed E-state index contributed by atoms with van der Waals surface area (Å²) in [5, 5.41) is 3.24. The highest BCUT2D eigenvalue weighted by molar-refractivity contribution is 6.04. The maximum Gasteiger partial charge on any atom is 0.249 e. The summed E-state index contributed by atoms with van der Waals surface area (Å²) >= 11 is 0. The highest BCUT2D eigenvalue weighted by Crippen LogP contribution is 2.38. The number of anilines is 4. The Morgan fingerprint density at radius 2 is 1.81 bits per heavy atom. The summed E-state index contributed by atoms with van der Waals surface area (Å²) in [5.41, 5.74) is 1.71. The molecule has 4 rings (SSSR count). The van der Waals surface area contributed by atoms with Crippen molar-refractivity contribution in [3.05, 3.63) is 36.5 Å². The van der Waals surface area contributed by atoms with Gasteiger partial charge < -0.3 is 15.1 Å². The minimum absolute atomic E-state index is 0.132. The van der Waals surface area contributed by atoms with E-state index in [2.05, 4.69) is 15.2 Å². The summed E-state index contributed by atoms with van der Waals surface area (Å²) in [4.78, 5) is 25.9. The first-order chi connectivity index (χ1) is 12.6. The Morgan fingerprint density at radius 3 is 2.54 bits per heavy atom. The maximum absolute atomic E-state index is 13.0. The van der Waals surface area contributed by atoms with Gasteiger partial charge in [-0.3, -0.25) is 4.79 Å². The molecule has 1 atom stereocenters. The van der Waals surface area contributed by atoms with Gasteiger partial charge in [-0.05, 0) is 30.9 Å². The summed E-state index contributed by atoms with van der Waals surface area (Å²) < 4.78 is 0. The number of nitrogens with one attached hydrogen (secondary N) is 1. The lowest BCUT2D eigenvalue weighted by atomic mass is 9.82. The van der Waals surface area contributed by atoms with Crippen LogP contribution in [0.25, 0.3) is 0 Å². The third kappa shape index (κ3) is 3.00. The number of carbonyl (C=O) groups is 1. The van der Waals surface area contributed by atoms with Crippen LogP contribution in [0.3, 0.4) is 0 Å². The predicted octanol–water partition coefficient (Wildman–Crippen LogP) is 3.58. The number of benzene rings is 1. The molecule has 1 amide bonds. The molecule has 1 aromatic carbocycles. The fraction of sp³-hybridized carbons (Fsp3) is 0.450. The minimum atomic E-state index is -0.132. The lowest BCUT2D eigenvalue weighted by molar-refractivity contribution is -0.121. The number of carbonyl (C=O) groups excluding carboxylic acids is 1. The first-order valence-electron chi connectivity index (χ1n) is 9.34. The Morgan fingerprint density at radius 1 is 1.08 bits per heavy atom. The Kier molecular flexibility index (Phi) is 4.49. The molecular formula is C20H25N5O. The van der Waals surface area contributed by atoms with Crippen molar-refractivity contribution in [3.8, 4) is 0 Å². The largest absolute Gasteiger partial charge is 0.345 e. The van der Waals surface area contributed by atoms with Gasteiger partial charge >= 0.3 is 0 Å². The number of aromatic nitrogens is 2. The first-order valence-corrected chi connectivity index (χ1v) is 9.34. The number of likely N-dealkylation sites (N-methyl/N-ethyl adjacent to an activating group) is 2. The molecule has 0 saturated heterocycles. The molecule has 1 aliphatic heterocycles. The van der Waals surface area contributed by atoms with Crippen LogP contribution < -0.4 is 15.1 Å². The van der Waals surface area contributed by atoms with Gasteiger partial charge in [-0.25, -0.2) is 4.98 Å². The van der Waals surface area contributed by atoms with Gasteiger partial charge in [0.25, 0.3) is 0 Å². The topological polar surface area (TPSA) is 61.4 Å². The molecule has 0 radical (unpaired) electrons. The van der Waals surface area contributed by atoms with Crippen molar-refractivity contribution in [1.82, 2.24) is 9.97 Å². The average Bonchev–Trinajstić information content (AvgIpc) is 2.68. The number of nitrogens with zero attached hydrogens (tertiary/aromatic N) is 4. The van der Waals surface area contributed by atoms with Crippen LogP contribution in [0, 0.1) is 5.92 Å². The predicted molar refractivity (Wildman–Crippen MR) is 104 cm³/mol. The molecule has 2 heterocycles. The van der Waals surface area contributed by atoms with E-state index in [0.29, 0.717) is 11.9 Å². The molecule has 1 fully saturated rings. The van der Waals surface area contributed by atoms with Crippen LogP contribution in [0.1, 0.15) is 32.1 Å². The van der Waals surface area contributed by atoms with Gasteiger partial charge in [-0.2, -0.15) is 4.98 Å². The molecule has 136 valence electrons. The number of hydrogen-bond donors (Lipinski definition) is 1. The third-order valence-electron chi connectivity index (χ3n) is 5.57. The second-order valence-corrected chi connectivity index (χ2v) is 7.24. The van der Waals surface area contributed by atoms with Crippen LogP contribution in [0.2, 0.25) is 0 Å². The smallest absolute Gasteiger partial charge is 0.249 e. The summed E-state index contributed by atoms with van der Waals surface area (Å²) in [6.45, 7) is 0. The van der Waals surface area contributed by atoms with Crippen molar-refractivity contribution in [1.29, 1.82) is 0 Å². The van der Waals surface area contributed by atoms with Gasteiger partial charge in [0.05, 0.1) is 6.20 Å². The fourth-order valence-corrected chi connectivity index (χ4v) is 4.16. The second kappa shape index (κ2) is 6.94. The van der Waals surface area contributed by atoms with Crippen molar-refractivity contribution >= 4 is 29.0 Å². The van der Waals surface area contributed by atoms with Crippen molar-refractivity contribution in [3.63, 3.8) is 0 Å². The van der Waals surface area contributed by atoms with Crippen LogP contribution in [-0.4, -0.2) is 36.0 Å². The van der Waals surface area contributed by atoms with Crippen LogP contribution in [0.4, 0.5) is 23.1 Å². The molecule has 1 saturated carbocycles. The van der Waals surface area contributed by atoms with Gasteiger partial charge in [0, 0.05) is 19.8 Å². The Balaban J connectivity index is 1.65. The maximum atomic E-state index is 13.0. The van der Waals surface area contributed by atoms with Gasteiger partial charge in [0.1, 0.15) is 11.7 Å². The molecule has 1 aromatic heterocycles. The molecule has 6 nitrogen and oxygen atoms in total. The van der Waals surface area contributed by atoms with Gasteiger partial charge in [0.15, 0.2) is 5.82 Å². The standard InChI is InChI=1S/C20H25N5O/c1-24-16-13-21-20(22-15-11-7-4-8-12-15)23-18(16)25(2)17(19(24)26)14-9-5-3-6-10-14/h4,7-8,11-14,17H,3,5-6,9-10H2,1-2H3,(H,21,22,23). The van der Waals surface area contributed by atoms with Gasteiger partial charge in [0.2, 0.25) is 11.9 Å². The van der Waals surface area contributed by atoms with Crippen molar-refractivity contribution in [2.45, 2.75) is 38.1 Å². The molecule has 0 spiro atoms. The summed E-state index contributed by atoms with van der Waals surface area (Å²) in [6.07, 6.45) is 7.67. The summed E-state index contributed by atoms with van der Waals surface area (Å²) in [5.74, 6) is 1.92. The van der Waals surface area contributed by atoms with Crippen LogP contribution >= 0.6 is 0 Å². The van der Waals surface area contributed by atoms with Gasteiger partial charge in [-0.1, -0.05) is 37.5 Å². The van der Waals surface area contributed by atoms with Crippen LogP contribution in [0.5, 0.6) is 0 Å². The molecule has 1 unspecified atom stereocenters. The molecule has 1 N–H and O–H groups in total. The van der Waals surface area contributed by atoms with E-state index in [4.69, 9.17) is 4.98 Å². The van der Waals surface area contributed by atoms with E-state index in [1.54, 1.807) is 11.1 Å². The normalized spacial score (nSPS) is 20.8. The number of fused-ring (bicyclic) bond motifs is 1. The number of para-hydroxylation sites is 1. The monoisotopic (exact) mass is 351 g/mol. The third-order valence-corrected chi connectivity index (χ3v) is 5.57. The van der Waals surface area contributed by atoms with E-state index in [0.717, 1.165) is 30.0 Å². The average molecular weight is 351 g/mol. The van der Waals surface area contributed by atoms with Gasteiger partial charge in [-0.15, -0.1) is 0 Å². The lowest BCUT2D eigenvalue weighted by Gasteiger charge is -2.43. The van der Waals surface area contributed by atoms with Crippen molar-refractivity contribution in [2.24, 2.45) is 5.92 Å². The van der Waals surface area contributed by atoms with E-state index in [9.17, 15) is 4.79 Å². The highest BCUT2D eigenvalue weighted by atomic mass is 16.2. The van der Waals surface area contributed by atoms with E-state index in [1.807, 2.05) is 44.4 Å². The van der Waals surface area contributed by atoms with Crippen molar-refractivity contribution in [2.75, 3.05) is 29.2 Å². The van der Waals surface area contributed by atoms with E-state index in [1.165, 1.54) is 19.3 Å². The molecule has 2 aliphatic rings. The number of amides is 1. The molecule has 26 heavy (non-hydrogen) atoms. The summed E-state index contributed by atoms with van der Waals surface area (Å²) in [6, 6.07) is 9.74. The van der Waals surface area contributed by atoms with Crippen molar-refractivity contribution < 1.29 is 4.79 Å². The SMILES string of the molecule is CN1C(=O)C(C2CCCCC2)N(C)c2nc(Nc3ccccc3)ncc21. The van der Waals surface area contributed by atoms with Crippen LogP contribution in [0.15, 0.2) is 36.5 Å². The molecular weight excluding hydrogens is 326 g/mol. The molecule has 1 aliphatic carbocycles. The molecule has 6 heteroatoms. The Bertz CT molecular complexity index is 788. The Hall–Kier alpha value is -2.63. The second-order valence-electron chi connectivity index (χ2n) is 7.24. The quantitative estimate of drug-likeness (QED) is 0.916. The first kappa shape index (κ1) is 16.8. The fourth-order valence-electron chi connectivity index (χ4n) is 4.16. The highest BCUT2D eigenvalue weighted by Gasteiger charge is 2.41. The molecule has 0 bridgehead atoms. The zero-order valence-corrected chi connectivity index (χ0v) is 15.4. The Labute approximate surface area is 154 Å². The minimum Gasteiger partial charge on any atom is -0.345 e. The molecule has 2 aromatic rings. The number of rotatable bonds is 3.